The summed E-state index contributed by atoms with van der Waals surface area (Å²) in [5.74, 6) is 5.52. The van der Waals surface area contributed by atoms with Crippen LogP contribution in [0.1, 0.15) is 29.2 Å². The molecule has 4 rings (SSSR count). The molecule has 0 aliphatic rings. The van der Waals surface area contributed by atoms with Gasteiger partial charge < -0.3 is 10.8 Å². The molecular formula is C25H21N3O2. The largest absolute Gasteiger partial charge is 0.481 e. The first-order valence-electron chi connectivity index (χ1n) is 9.70. The van der Waals surface area contributed by atoms with Crippen molar-refractivity contribution in [3.8, 4) is 11.8 Å². The molecule has 2 heterocycles. The fourth-order valence-corrected chi connectivity index (χ4v) is 3.40. The van der Waals surface area contributed by atoms with Crippen LogP contribution in [0.5, 0.6) is 0 Å². The average molecular weight is 395 g/mol. The topological polar surface area (TPSA) is 89.1 Å². The van der Waals surface area contributed by atoms with Crippen LogP contribution in [0.3, 0.4) is 0 Å². The molecule has 4 aromatic rings. The molecule has 0 saturated carbocycles. The van der Waals surface area contributed by atoms with Gasteiger partial charge in [0.2, 0.25) is 0 Å². The summed E-state index contributed by atoms with van der Waals surface area (Å²) >= 11 is 0. The Hall–Kier alpha value is -3.91. The van der Waals surface area contributed by atoms with E-state index in [2.05, 4.69) is 21.8 Å². The number of pyridine rings is 2. The van der Waals surface area contributed by atoms with Crippen molar-refractivity contribution in [2.24, 2.45) is 5.92 Å². The van der Waals surface area contributed by atoms with Crippen molar-refractivity contribution in [1.29, 1.82) is 0 Å². The molecule has 5 nitrogen and oxygen atoms in total. The number of hydrogen-bond acceptors (Lipinski definition) is 4. The minimum Gasteiger partial charge on any atom is -0.481 e. The maximum absolute atomic E-state index is 11.0. The van der Waals surface area contributed by atoms with Crippen molar-refractivity contribution in [1.82, 2.24) is 9.97 Å². The van der Waals surface area contributed by atoms with Gasteiger partial charge in [0, 0.05) is 28.1 Å². The summed E-state index contributed by atoms with van der Waals surface area (Å²) in [6.45, 7) is 3.73. The molecular weight excluding hydrogens is 374 g/mol. The lowest BCUT2D eigenvalue weighted by Gasteiger charge is -2.07. The van der Waals surface area contributed by atoms with E-state index in [0.29, 0.717) is 17.8 Å². The summed E-state index contributed by atoms with van der Waals surface area (Å²) in [4.78, 5) is 20.0. The average Bonchev–Trinajstić information content (AvgIpc) is 2.73. The molecule has 0 aliphatic heterocycles. The Labute approximate surface area is 174 Å². The van der Waals surface area contributed by atoms with Gasteiger partial charge in [-0.1, -0.05) is 43.0 Å². The van der Waals surface area contributed by atoms with Gasteiger partial charge in [0.15, 0.2) is 5.82 Å². The lowest BCUT2D eigenvalue weighted by atomic mass is 10.0. The maximum atomic E-state index is 11.0. The molecule has 0 amide bonds. The van der Waals surface area contributed by atoms with Crippen molar-refractivity contribution >= 4 is 33.6 Å². The molecule has 0 radical (unpaired) electrons. The summed E-state index contributed by atoms with van der Waals surface area (Å²) in [5.41, 5.74) is 11.4. The van der Waals surface area contributed by atoms with Crippen LogP contribution in [0, 0.1) is 24.7 Å². The number of hydrogen-bond donors (Lipinski definition) is 2. The number of nitrogens with two attached hydrogens (primary N) is 1. The molecule has 0 bridgehead atoms. The van der Waals surface area contributed by atoms with E-state index in [4.69, 9.17) is 10.8 Å². The number of carboxylic acid groups (broad SMARTS) is 1. The van der Waals surface area contributed by atoms with Gasteiger partial charge in [-0.3, -0.25) is 9.78 Å². The highest BCUT2D eigenvalue weighted by Crippen LogP contribution is 2.27. The quantitative estimate of drug-likeness (QED) is 0.398. The summed E-state index contributed by atoms with van der Waals surface area (Å²) in [5, 5.41) is 11.0. The molecule has 3 N–H and O–H groups in total. The third-order valence-corrected chi connectivity index (χ3v) is 5.08. The van der Waals surface area contributed by atoms with Crippen molar-refractivity contribution in [3.63, 3.8) is 0 Å². The number of aryl methyl sites for hydroxylation is 1. The lowest BCUT2D eigenvalue weighted by molar-refractivity contribution is -0.141. The van der Waals surface area contributed by atoms with Gasteiger partial charge in [-0.25, -0.2) is 4.98 Å². The van der Waals surface area contributed by atoms with Crippen LogP contribution in [-0.2, 0) is 11.2 Å². The maximum Gasteiger partial charge on any atom is 0.306 e. The van der Waals surface area contributed by atoms with Gasteiger partial charge in [0.1, 0.15) is 5.52 Å². The smallest absolute Gasteiger partial charge is 0.306 e. The lowest BCUT2D eigenvalue weighted by Crippen LogP contribution is -2.12. The fraction of sp³-hybridized carbons (Fsp3) is 0.160. The number of benzene rings is 2. The Kier molecular flexibility index (Phi) is 5.07. The van der Waals surface area contributed by atoms with Crippen LogP contribution in [-0.4, -0.2) is 21.0 Å². The molecule has 0 fully saturated rings. The second-order valence-electron chi connectivity index (χ2n) is 7.53. The molecule has 1 atom stereocenters. The first-order chi connectivity index (χ1) is 14.4. The molecule has 0 aliphatic carbocycles. The second kappa shape index (κ2) is 7.84. The highest BCUT2D eigenvalue weighted by Gasteiger charge is 2.11. The van der Waals surface area contributed by atoms with Gasteiger partial charge in [-0.15, -0.1) is 0 Å². The Balaban J connectivity index is 1.66. The number of rotatable bonds is 3. The minimum absolute atomic E-state index is 0.411. The van der Waals surface area contributed by atoms with E-state index in [1.807, 2.05) is 55.5 Å². The Morgan fingerprint density at radius 2 is 1.80 bits per heavy atom. The van der Waals surface area contributed by atoms with Crippen LogP contribution >= 0.6 is 0 Å². The highest BCUT2D eigenvalue weighted by molar-refractivity contribution is 6.08. The molecule has 0 saturated heterocycles. The third kappa shape index (κ3) is 3.94. The molecule has 5 heteroatoms. The van der Waals surface area contributed by atoms with Crippen molar-refractivity contribution in [2.45, 2.75) is 20.3 Å². The van der Waals surface area contributed by atoms with E-state index >= 15 is 0 Å². The summed E-state index contributed by atoms with van der Waals surface area (Å²) in [6, 6.07) is 15.7. The predicted molar refractivity (Wildman–Crippen MR) is 119 cm³/mol. The predicted octanol–water partition coefficient (Wildman–Crippen LogP) is 4.34. The van der Waals surface area contributed by atoms with E-state index in [-0.39, 0.29) is 0 Å². The summed E-state index contributed by atoms with van der Waals surface area (Å²) < 4.78 is 0. The molecule has 2 aromatic heterocycles. The van der Waals surface area contributed by atoms with Crippen LogP contribution in [0.25, 0.3) is 21.8 Å². The second-order valence-corrected chi connectivity index (χ2v) is 7.53. The molecule has 30 heavy (non-hydrogen) atoms. The third-order valence-electron chi connectivity index (χ3n) is 5.08. The van der Waals surface area contributed by atoms with E-state index in [1.54, 1.807) is 13.1 Å². The molecule has 1 unspecified atom stereocenters. The van der Waals surface area contributed by atoms with Gasteiger partial charge in [-0.05, 0) is 48.7 Å². The normalized spacial score (nSPS) is 11.8. The Morgan fingerprint density at radius 3 is 2.53 bits per heavy atom. The van der Waals surface area contributed by atoms with Crippen LogP contribution in [0.2, 0.25) is 0 Å². The van der Waals surface area contributed by atoms with Gasteiger partial charge in [0.25, 0.3) is 0 Å². The summed E-state index contributed by atoms with van der Waals surface area (Å²) in [7, 11) is 0. The number of aliphatic carboxylic acids is 1. The van der Waals surface area contributed by atoms with E-state index < -0.39 is 11.9 Å². The number of fused-ring (bicyclic) bond motifs is 3. The van der Waals surface area contributed by atoms with Crippen LogP contribution in [0.4, 0.5) is 5.82 Å². The zero-order chi connectivity index (χ0) is 21.3. The van der Waals surface area contributed by atoms with E-state index in [0.717, 1.165) is 38.5 Å². The number of aromatic nitrogens is 2. The number of carboxylic acids is 1. The monoisotopic (exact) mass is 395 g/mol. The zero-order valence-corrected chi connectivity index (χ0v) is 16.8. The fourth-order valence-electron chi connectivity index (χ4n) is 3.40. The first-order valence-corrected chi connectivity index (χ1v) is 9.70. The van der Waals surface area contributed by atoms with Gasteiger partial charge in [-0.2, -0.15) is 0 Å². The Morgan fingerprint density at radius 1 is 1.07 bits per heavy atom. The molecule has 2 aromatic carbocycles. The van der Waals surface area contributed by atoms with Crippen molar-refractivity contribution in [2.75, 3.05) is 5.73 Å². The van der Waals surface area contributed by atoms with Crippen LogP contribution < -0.4 is 5.73 Å². The Bertz CT molecular complexity index is 1330. The first kappa shape index (κ1) is 19.4. The van der Waals surface area contributed by atoms with Gasteiger partial charge >= 0.3 is 5.97 Å². The standard InChI is InChI=1S/C25H21N3O2/c1-15-3-10-20-21-13-19(14-27-23(21)24(26)28-22(20)11-15)9-6-17-4-7-18(8-5-17)12-16(2)25(29)30/h3-5,7-8,10-11,13-14,16H,12H2,1-2H3,(H2,26,28)(H,29,30). The number of anilines is 1. The van der Waals surface area contributed by atoms with Crippen LogP contribution in [0.15, 0.2) is 54.7 Å². The highest BCUT2D eigenvalue weighted by atomic mass is 16.4. The number of carbonyl (C=O) groups is 1. The molecule has 0 spiro atoms. The van der Waals surface area contributed by atoms with E-state index in [9.17, 15) is 4.79 Å². The SMILES string of the molecule is Cc1ccc2c(c1)nc(N)c1ncc(C#Cc3ccc(CC(C)C(=O)O)cc3)cc12. The minimum atomic E-state index is -0.791. The number of nitrogens with zero attached hydrogens (tertiary/aromatic N) is 2. The van der Waals surface area contributed by atoms with E-state index in [1.165, 1.54) is 0 Å². The number of nitrogen functional groups attached to an aromatic ring is 1. The molecule has 148 valence electrons. The van der Waals surface area contributed by atoms with Crippen molar-refractivity contribution in [3.05, 3.63) is 77.0 Å². The van der Waals surface area contributed by atoms with Crippen molar-refractivity contribution < 1.29 is 9.90 Å². The summed E-state index contributed by atoms with van der Waals surface area (Å²) in [6.07, 6.45) is 2.20. The zero-order valence-electron chi connectivity index (χ0n) is 16.8. The van der Waals surface area contributed by atoms with Gasteiger partial charge in [0.05, 0.1) is 11.4 Å².